The fourth-order valence-electron chi connectivity index (χ4n) is 2.76. The second-order valence-electron chi connectivity index (χ2n) is 5.41. The lowest BCUT2D eigenvalue weighted by molar-refractivity contribution is 0.00118. The lowest BCUT2D eigenvalue weighted by atomic mass is 10.0. The van der Waals surface area contributed by atoms with Crippen LogP contribution < -0.4 is 5.32 Å². The molecule has 1 aliphatic rings. The van der Waals surface area contributed by atoms with E-state index >= 15 is 0 Å². The molecule has 0 spiro atoms. The van der Waals surface area contributed by atoms with Crippen molar-refractivity contribution in [2.45, 2.75) is 18.6 Å². The highest BCUT2D eigenvalue weighted by molar-refractivity contribution is 5.16. The van der Waals surface area contributed by atoms with Gasteiger partial charge in [-0.2, -0.15) is 0 Å². The maximum Gasteiger partial charge on any atom is 0.0931 e. The predicted octanol–water partition coefficient (Wildman–Crippen LogP) is 1.16. The van der Waals surface area contributed by atoms with Gasteiger partial charge < -0.3 is 14.8 Å². The molecule has 0 aromatic heterocycles. The number of piperazine rings is 1. The number of methoxy groups -OCH3 is 2. The summed E-state index contributed by atoms with van der Waals surface area (Å²) in [6.07, 6.45) is 1.25. The molecule has 1 aliphatic heterocycles. The van der Waals surface area contributed by atoms with E-state index in [9.17, 15) is 0 Å². The van der Waals surface area contributed by atoms with E-state index in [-0.39, 0.29) is 6.10 Å². The first kappa shape index (κ1) is 15.4. The summed E-state index contributed by atoms with van der Waals surface area (Å²) in [6.45, 7) is 4.79. The van der Waals surface area contributed by atoms with E-state index in [1.165, 1.54) is 5.56 Å². The van der Waals surface area contributed by atoms with Crippen LogP contribution in [0.5, 0.6) is 0 Å². The van der Waals surface area contributed by atoms with Crippen molar-refractivity contribution in [2.75, 3.05) is 47.0 Å². The van der Waals surface area contributed by atoms with Crippen LogP contribution in [-0.2, 0) is 15.9 Å². The van der Waals surface area contributed by atoms with Crippen LogP contribution in [0, 0.1) is 0 Å². The van der Waals surface area contributed by atoms with Gasteiger partial charge in [0.2, 0.25) is 0 Å². The van der Waals surface area contributed by atoms with Crippen molar-refractivity contribution in [1.82, 2.24) is 10.2 Å². The fourth-order valence-corrected chi connectivity index (χ4v) is 2.76. The number of nitrogens with one attached hydrogen (secondary N) is 1. The van der Waals surface area contributed by atoms with Crippen LogP contribution in [0.1, 0.15) is 5.56 Å². The second-order valence-corrected chi connectivity index (χ2v) is 5.41. The molecule has 4 heteroatoms. The number of benzene rings is 1. The Kier molecular flexibility index (Phi) is 6.47. The van der Waals surface area contributed by atoms with Gasteiger partial charge in [0.15, 0.2) is 0 Å². The Labute approximate surface area is 122 Å². The minimum Gasteiger partial charge on any atom is -0.382 e. The number of nitrogens with zero attached hydrogens (tertiary/aromatic N) is 1. The standard InChI is InChI=1S/C16H26N2O2/c1-19-13-16(20-2)12-18-9-8-17-15(11-18)10-14-6-4-3-5-7-14/h3-7,15-17H,8-13H2,1-2H3. The zero-order valence-corrected chi connectivity index (χ0v) is 12.5. The summed E-state index contributed by atoms with van der Waals surface area (Å²) in [4.78, 5) is 2.47. The number of hydrogen-bond acceptors (Lipinski definition) is 4. The molecule has 0 amide bonds. The molecule has 1 aromatic carbocycles. The van der Waals surface area contributed by atoms with Crippen molar-refractivity contribution in [1.29, 1.82) is 0 Å². The molecule has 1 saturated heterocycles. The van der Waals surface area contributed by atoms with Gasteiger partial charge in [-0.3, -0.25) is 4.90 Å². The highest BCUT2D eigenvalue weighted by Crippen LogP contribution is 2.08. The van der Waals surface area contributed by atoms with Crippen LogP contribution >= 0.6 is 0 Å². The monoisotopic (exact) mass is 278 g/mol. The Bertz CT molecular complexity index is 372. The molecule has 4 nitrogen and oxygen atoms in total. The lowest BCUT2D eigenvalue weighted by Crippen LogP contribution is -2.53. The van der Waals surface area contributed by atoms with E-state index in [0.29, 0.717) is 12.6 Å². The molecule has 0 saturated carbocycles. The Morgan fingerprint density at radius 3 is 2.80 bits per heavy atom. The van der Waals surface area contributed by atoms with Crippen LogP contribution in [0.15, 0.2) is 30.3 Å². The van der Waals surface area contributed by atoms with Gasteiger partial charge in [0, 0.05) is 46.4 Å². The van der Waals surface area contributed by atoms with E-state index in [4.69, 9.17) is 9.47 Å². The first-order chi connectivity index (χ1) is 9.81. The van der Waals surface area contributed by atoms with Gasteiger partial charge in [0.05, 0.1) is 12.7 Å². The van der Waals surface area contributed by atoms with E-state index in [0.717, 1.165) is 32.6 Å². The zero-order chi connectivity index (χ0) is 14.2. The van der Waals surface area contributed by atoms with Gasteiger partial charge in [-0.25, -0.2) is 0 Å². The maximum atomic E-state index is 5.46. The summed E-state index contributed by atoms with van der Waals surface area (Å²) >= 11 is 0. The van der Waals surface area contributed by atoms with Crippen LogP contribution in [0.3, 0.4) is 0 Å². The van der Waals surface area contributed by atoms with Crippen LogP contribution in [-0.4, -0.2) is 64.1 Å². The van der Waals surface area contributed by atoms with Gasteiger partial charge >= 0.3 is 0 Å². The molecule has 2 unspecified atom stereocenters. The van der Waals surface area contributed by atoms with Crippen molar-refractivity contribution in [3.8, 4) is 0 Å². The molecule has 0 bridgehead atoms. The summed E-state index contributed by atoms with van der Waals surface area (Å²) in [7, 11) is 3.48. The number of hydrogen-bond donors (Lipinski definition) is 1. The molecule has 20 heavy (non-hydrogen) atoms. The van der Waals surface area contributed by atoms with Crippen molar-refractivity contribution in [2.24, 2.45) is 0 Å². The highest BCUT2D eigenvalue weighted by Gasteiger charge is 2.22. The quantitative estimate of drug-likeness (QED) is 0.812. The Balaban J connectivity index is 1.82. The van der Waals surface area contributed by atoms with Gasteiger partial charge in [0.25, 0.3) is 0 Å². The van der Waals surface area contributed by atoms with Gasteiger partial charge in [-0.15, -0.1) is 0 Å². The average molecular weight is 278 g/mol. The van der Waals surface area contributed by atoms with Gasteiger partial charge in [-0.05, 0) is 12.0 Å². The summed E-state index contributed by atoms with van der Waals surface area (Å²) in [5, 5.41) is 3.61. The molecular weight excluding hydrogens is 252 g/mol. The Morgan fingerprint density at radius 1 is 1.30 bits per heavy atom. The highest BCUT2D eigenvalue weighted by atomic mass is 16.5. The Hall–Kier alpha value is -0.940. The van der Waals surface area contributed by atoms with E-state index in [1.807, 2.05) is 0 Å². The largest absolute Gasteiger partial charge is 0.382 e. The minimum absolute atomic E-state index is 0.162. The predicted molar refractivity (Wildman–Crippen MR) is 81.0 cm³/mol. The zero-order valence-electron chi connectivity index (χ0n) is 12.5. The third kappa shape index (κ3) is 4.87. The number of rotatable bonds is 7. The van der Waals surface area contributed by atoms with Gasteiger partial charge in [-0.1, -0.05) is 30.3 Å². The Morgan fingerprint density at radius 2 is 2.10 bits per heavy atom. The first-order valence-corrected chi connectivity index (χ1v) is 7.33. The topological polar surface area (TPSA) is 33.7 Å². The third-order valence-electron chi connectivity index (χ3n) is 3.81. The van der Waals surface area contributed by atoms with Crippen LogP contribution in [0.4, 0.5) is 0 Å². The summed E-state index contributed by atoms with van der Waals surface area (Å²) < 4.78 is 10.7. The van der Waals surface area contributed by atoms with Crippen molar-refractivity contribution in [3.63, 3.8) is 0 Å². The third-order valence-corrected chi connectivity index (χ3v) is 3.81. The minimum atomic E-state index is 0.162. The molecule has 0 aliphatic carbocycles. The fraction of sp³-hybridized carbons (Fsp3) is 0.625. The van der Waals surface area contributed by atoms with E-state index in [1.54, 1.807) is 14.2 Å². The summed E-state index contributed by atoms with van der Waals surface area (Å²) in [6, 6.07) is 11.2. The van der Waals surface area contributed by atoms with Crippen molar-refractivity contribution >= 4 is 0 Å². The molecule has 2 atom stereocenters. The average Bonchev–Trinajstić information content (AvgIpc) is 2.48. The SMILES string of the molecule is COCC(CN1CCNC(Cc2ccccc2)C1)OC. The van der Waals surface area contributed by atoms with E-state index in [2.05, 4.69) is 40.5 Å². The summed E-state index contributed by atoms with van der Waals surface area (Å²) in [5.41, 5.74) is 1.40. The first-order valence-electron chi connectivity index (χ1n) is 7.33. The molecule has 1 aromatic rings. The van der Waals surface area contributed by atoms with Crippen molar-refractivity contribution < 1.29 is 9.47 Å². The smallest absolute Gasteiger partial charge is 0.0931 e. The normalized spacial score (nSPS) is 21.8. The number of ether oxygens (including phenoxy) is 2. The van der Waals surface area contributed by atoms with Crippen LogP contribution in [0.25, 0.3) is 0 Å². The second kappa shape index (κ2) is 8.37. The molecule has 112 valence electrons. The molecule has 1 fully saturated rings. The molecule has 2 rings (SSSR count). The van der Waals surface area contributed by atoms with Crippen LogP contribution in [0.2, 0.25) is 0 Å². The van der Waals surface area contributed by atoms with Gasteiger partial charge in [0.1, 0.15) is 0 Å². The van der Waals surface area contributed by atoms with E-state index < -0.39 is 0 Å². The molecular formula is C16H26N2O2. The molecule has 1 N–H and O–H groups in total. The molecule has 0 radical (unpaired) electrons. The maximum absolute atomic E-state index is 5.46. The lowest BCUT2D eigenvalue weighted by Gasteiger charge is -2.35. The molecule has 1 heterocycles. The summed E-state index contributed by atoms with van der Waals surface area (Å²) in [5.74, 6) is 0. The van der Waals surface area contributed by atoms with Crippen molar-refractivity contribution in [3.05, 3.63) is 35.9 Å².